The van der Waals surface area contributed by atoms with Gasteiger partial charge in [-0.3, -0.25) is 4.79 Å². The fourth-order valence-corrected chi connectivity index (χ4v) is 2.88. The monoisotopic (exact) mass is 372 g/mol. The molecule has 0 aliphatic carbocycles. The number of ether oxygens (including phenoxy) is 2. The standard InChI is InChI=1S/C20H24N2O5/c1-5-10-26-18(24)14-6-7-15-13(11-14)8-9-22(12-16(15)17(21)23)19(25)27-20(2,3)4/h1,6-7,11,16H,8-10,12H2,2-4H3,(H2,21,23). The number of carbonyl (C=O) groups excluding carboxylic acids is 3. The van der Waals surface area contributed by atoms with Gasteiger partial charge in [-0.15, -0.1) is 6.42 Å². The lowest BCUT2D eigenvalue weighted by atomic mass is 9.92. The molecule has 1 aliphatic heterocycles. The Bertz CT molecular complexity index is 789. The number of amides is 2. The van der Waals surface area contributed by atoms with E-state index in [2.05, 4.69) is 5.92 Å². The summed E-state index contributed by atoms with van der Waals surface area (Å²) in [4.78, 5) is 37.9. The van der Waals surface area contributed by atoms with E-state index < -0.39 is 29.5 Å². The third-order valence-electron chi connectivity index (χ3n) is 4.09. The van der Waals surface area contributed by atoms with Crippen molar-refractivity contribution >= 4 is 18.0 Å². The molecule has 2 amide bonds. The molecule has 2 N–H and O–H groups in total. The summed E-state index contributed by atoms with van der Waals surface area (Å²) < 4.78 is 10.3. The zero-order chi connectivity index (χ0) is 20.2. The highest BCUT2D eigenvalue weighted by molar-refractivity contribution is 5.90. The first-order valence-electron chi connectivity index (χ1n) is 8.63. The Labute approximate surface area is 158 Å². The molecule has 0 saturated heterocycles. The van der Waals surface area contributed by atoms with Crippen molar-refractivity contribution in [3.8, 4) is 12.3 Å². The number of terminal acetylenes is 1. The minimum Gasteiger partial charge on any atom is -0.449 e. The molecule has 27 heavy (non-hydrogen) atoms. The molecular formula is C20H24N2O5. The molecule has 0 aromatic heterocycles. The molecule has 7 nitrogen and oxygen atoms in total. The van der Waals surface area contributed by atoms with Crippen molar-refractivity contribution in [2.24, 2.45) is 5.73 Å². The highest BCUT2D eigenvalue weighted by Gasteiger charge is 2.32. The summed E-state index contributed by atoms with van der Waals surface area (Å²) in [6, 6.07) is 4.90. The largest absolute Gasteiger partial charge is 0.449 e. The number of hydrogen-bond acceptors (Lipinski definition) is 5. The maximum Gasteiger partial charge on any atom is 0.410 e. The quantitative estimate of drug-likeness (QED) is 0.645. The summed E-state index contributed by atoms with van der Waals surface area (Å²) in [5, 5.41) is 0. The van der Waals surface area contributed by atoms with Gasteiger partial charge in [0, 0.05) is 13.1 Å². The fraction of sp³-hybridized carbons (Fsp3) is 0.450. The Balaban J connectivity index is 2.29. The highest BCUT2D eigenvalue weighted by Crippen LogP contribution is 2.27. The maximum absolute atomic E-state index is 12.4. The van der Waals surface area contributed by atoms with E-state index in [1.807, 2.05) is 0 Å². The minimum atomic E-state index is -0.689. The molecule has 1 atom stereocenters. The zero-order valence-electron chi connectivity index (χ0n) is 15.8. The normalized spacial score (nSPS) is 16.5. The fourth-order valence-electron chi connectivity index (χ4n) is 2.88. The van der Waals surface area contributed by atoms with Crippen LogP contribution >= 0.6 is 0 Å². The van der Waals surface area contributed by atoms with Gasteiger partial charge in [0.2, 0.25) is 5.91 Å². The average molecular weight is 372 g/mol. The Hall–Kier alpha value is -3.01. The van der Waals surface area contributed by atoms with Gasteiger partial charge in [0.05, 0.1) is 11.5 Å². The van der Waals surface area contributed by atoms with Crippen molar-refractivity contribution in [2.75, 3.05) is 19.7 Å². The molecule has 7 heteroatoms. The number of nitrogens with two attached hydrogens (primary N) is 1. The van der Waals surface area contributed by atoms with E-state index in [9.17, 15) is 14.4 Å². The second-order valence-corrected chi connectivity index (χ2v) is 7.33. The van der Waals surface area contributed by atoms with E-state index in [1.54, 1.807) is 39.0 Å². The van der Waals surface area contributed by atoms with E-state index in [0.29, 0.717) is 24.1 Å². The molecule has 0 saturated carbocycles. The lowest BCUT2D eigenvalue weighted by Crippen LogP contribution is -2.41. The number of hydrogen-bond donors (Lipinski definition) is 1. The Kier molecular flexibility index (Phi) is 6.11. The number of fused-ring (bicyclic) bond motifs is 1. The second-order valence-electron chi connectivity index (χ2n) is 7.33. The zero-order valence-corrected chi connectivity index (χ0v) is 15.8. The first-order valence-corrected chi connectivity index (χ1v) is 8.63. The molecule has 1 heterocycles. The van der Waals surface area contributed by atoms with Gasteiger partial charge >= 0.3 is 12.1 Å². The van der Waals surface area contributed by atoms with Crippen molar-refractivity contribution in [3.05, 3.63) is 34.9 Å². The molecule has 0 radical (unpaired) electrons. The molecule has 1 aromatic carbocycles. The predicted molar refractivity (Wildman–Crippen MR) is 99.0 cm³/mol. The van der Waals surface area contributed by atoms with Crippen molar-refractivity contribution in [1.29, 1.82) is 0 Å². The molecule has 1 aliphatic rings. The smallest absolute Gasteiger partial charge is 0.410 e. The van der Waals surface area contributed by atoms with E-state index in [0.717, 1.165) is 5.56 Å². The molecule has 144 valence electrons. The van der Waals surface area contributed by atoms with E-state index in [1.165, 1.54) is 4.90 Å². The number of rotatable bonds is 3. The molecule has 0 fully saturated rings. The molecule has 2 rings (SSSR count). The van der Waals surface area contributed by atoms with Gasteiger partial charge in [-0.2, -0.15) is 0 Å². The Morgan fingerprint density at radius 3 is 2.63 bits per heavy atom. The molecule has 0 bridgehead atoms. The topological polar surface area (TPSA) is 98.9 Å². The van der Waals surface area contributed by atoms with Crippen LogP contribution in [0.25, 0.3) is 0 Å². The summed E-state index contributed by atoms with van der Waals surface area (Å²) >= 11 is 0. The third kappa shape index (κ3) is 5.23. The van der Waals surface area contributed by atoms with Gasteiger partial charge in [0.15, 0.2) is 6.61 Å². The van der Waals surface area contributed by atoms with Crippen LogP contribution in [0.15, 0.2) is 18.2 Å². The summed E-state index contributed by atoms with van der Waals surface area (Å²) in [5.41, 5.74) is 6.72. The Morgan fingerprint density at radius 2 is 2.04 bits per heavy atom. The number of esters is 1. The first-order chi connectivity index (χ1) is 12.6. The average Bonchev–Trinajstić information content (AvgIpc) is 2.77. The van der Waals surface area contributed by atoms with Crippen LogP contribution in [0.4, 0.5) is 4.79 Å². The van der Waals surface area contributed by atoms with Gasteiger partial charge in [0.25, 0.3) is 0 Å². The van der Waals surface area contributed by atoms with Crippen molar-refractivity contribution < 1.29 is 23.9 Å². The summed E-state index contributed by atoms with van der Waals surface area (Å²) in [6.07, 6.45) is 5.05. The summed E-state index contributed by atoms with van der Waals surface area (Å²) in [5.74, 6) is 0.459. The van der Waals surface area contributed by atoms with Gasteiger partial charge in [0.1, 0.15) is 5.60 Å². The van der Waals surface area contributed by atoms with Crippen molar-refractivity contribution in [2.45, 2.75) is 38.7 Å². The van der Waals surface area contributed by atoms with Crippen LogP contribution in [-0.4, -0.2) is 48.2 Å². The summed E-state index contributed by atoms with van der Waals surface area (Å²) in [6.45, 7) is 5.67. The van der Waals surface area contributed by atoms with Crippen LogP contribution in [0, 0.1) is 12.3 Å². The van der Waals surface area contributed by atoms with Crippen molar-refractivity contribution in [1.82, 2.24) is 4.90 Å². The summed E-state index contributed by atoms with van der Waals surface area (Å²) in [7, 11) is 0. The van der Waals surface area contributed by atoms with E-state index in [4.69, 9.17) is 21.6 Å². The van der Waals surface area contributed by atoms with Crippen LogP contribution in [0.1, 0.15) is 48.2 Å². The molecule has 0 spiro atoms. The number of primary amides is 1. The molecule has 1 unspecified atom stereocenters. The maximum atomic E-state index is 12.4. The number of benzene rings is 1. The van der Waals surface area contributed by atoms with Gasteiger partial charge in [-0.25, -0.2) is 9.59 Å². The number of carbonyl (C=O) groups is 3. The van der Waals surface area contributed by atoms with Gasteiger partial charge in [-0.1, -0.05) is 12.0 Å². The van der Waals surface area contributed by atoms with E-state index in [-0.39, 0.29) is 13.2 Å². The van der Waals surface area contributed by atoms with E-state index >= 15 is 0 Å². The third-order valence-corrected chi connectivity index (χ3v) is 4.09. The predicted octanol–water partition coefficient (Wildman–Crippen LogP) is 1.84. The second kappa shape index (κ2) is 8.12. The highest BCUT2D eigenvalue weighted by atomic mass is 16.6. The van der Waals surface area contributed by atoms with Gasteiger partial charge in [-0.05, 0) is 50.5 Å². The van der Waals surface area contributed by atoms with Crippen LogP contribution in [-0.2, 0) is 20.7 Å². The Morgan fingerprint density at radius 1 is 1.33 bits per heavy atom. The lowest BCUT2D eigenvalue weighted by Gasteiger charge is -2.27. The van der Waals surface area contributed by atoms with Gasteiger partial charge < -0.3 is 20.1 Å². The first kappa shape index (κ1) is 20.3. The SMILES string of the molecule is C#CCOC(=O)c1ccc2c(c1)CCN(C(=O)OC(C)(C)C)CC2C(N)=O. The van der Waals surface area contributed by atoms with Crippen LogP contribution in [0.3, 0.4) is 0 Å². The van der Waals surface area contributed by atoms with Crippen LogP contribution < -0.4 is 5.73 Å². The minimum absolute atomic E-state index is 0.119. The molecular weight excluding hydrogens is 348 g/mol. The van der Waals surface area contributed by atoms with Crippen LogP contribution in [0.2, 0.25) is 0 Å². The molecule has 1 aromatic rings. The lowest BCUT2D eigenvalue weighted by molar-refractivity contribution is -0.119. The number of nitrogens with zero attached hydrogens (tertiary/aromatic N) is 1. The van der Waals surface area contributed by atoms with Crippen molar-refractivity contribution in [3.63, 3.8) is 0 Å². The van der Waals surface area contributed by atoms with Crippen LogP contribution in [0.5, 0.6) is 0 Å².